The van der Waals surface area contributed by atoms with Crippen molar-refractivity contribution in [3.8, 4) is 0 Å². The topological polar surface area (TPSA) is 54.4 Å². The van der Waals surface area contributed by atoms with Gasteiger partial charge >= 0.3 is 11.5 Å². The number of hydrogen-bond acceptors (Lipinski definition) is 2. The molecule has 1 N–H and O–H groups in total. The lowest BCUT2D eigenvalue weighted by Gasteiger charge is -2.06. The summed E-state index contributed by atoms with van der Waals surface area (Å²) in [6.07, 6.45) is 0. The molecule has 0 saturated carbocycles. The lowest BCUT2D eigenvalue weighted by Crippen LogP contribution is -2.16. The van der Waals surface area contributed by atoms with Gasteiger partial charge in [0.25, 0.3) is 0 Å². The Morgan fingerprint density at radius 1 is 1.33 bits per heavy atom. The van der Waals surface area contributed by atoms with Gasteiger partial charge < -0.3 is 5.11 Å². The largest absolute Gasteiger partial charge is 0.478 e. The van der Waals surface area contributed by atoms with E-state index in [-0.39, 0.29) is 5.56 Å². The van der Waals surface area contributed by atoms with Crippen LogP contribution in [0.1, 0.15) is 10.4 Å². The number of carboxylic acids is 1. The highest BCUT2D eigenvalue weighted by Crippen LogP contribution is 2.26. The SMILES string of the molecule is O=C(O)c1cccc(S(=O)C(F)(F)F)c1. The quantitative estimate of drug-likeness (QED) is 0.857. The van der Waals surface area contributed by atoms with Gasteiger partial charge in [0.1, 0.15) is 0 Å². The van der Waals surface area contributed by atoms with Crippen LogP contribution in [0.2, 0.25) is 0 Å². The molecule has 7 heteroatoms. The van der Waals surface area contributed by atoms with Gasteiger partial charge in [-0.3, -0.25) is 0 Å². The van der Waals surface area contributed by atoms with E-state index in [9.17, 15) is 22.2 Å². The summed E-state index contributed by atoms with van der Waals surface area (Å²) in [7, 11) is -3.19. The molecule has 0 amide bonds. The van der Waals surface area contributed by atoms with Gasteiger partial charge in [-0.15, -0.1) is 0 Å². The molecule has 0 heterocycles. The minimum Gasteiger partial charge on any atom is -0.478 e. The molecule has 1 rings (SSSR count). The molecule has 0 spiro atoms. The lowest BCUT2D eigenvalue weighted by atomic mass is 10.2. The Labute approximate surface area is 85.0 Å². The van der Waals surface area contributed by atoms with Gasteiger partial charge in [0, 0.05) is 4.90 Å². The summed E-state index contributed by atoms with van der Waals surface area (Å²) >= 11 is 0. The molecule has 82 valence electrons. The second-order valence-electron chi connectivity index (χ2n) is 2.55. The van der Waals surface area contributed by atoms with Crippen LogP contribution in [0, 0.1) is 0 Å². The van der Waals surface area contributed by atoms with Gasteiger partial charge in [-0.05, 0) is 18.2 Å². The Morgan fingerprint density at radius 3 is 2.40 bits per heavy atom. The predicted molar refractivity (Wildman–Crippen MR) is 45.9 cm³/mol. The van der Waals surface area contributed by atoms with Crippen molar-refractivity contribution in [2.75, 3.05) is 0 Å². The third-order valence-corrected chi connectivity index (χ3v) is 2.61. The highest BCUT2D eigenvalue weighted by molar-refractivity contribution is 7.86. The summed E-state index contributed by atoms with van der Waals surface area (Å²) in [6, 6.07) is 3.95. The number of alkyl halides is 3. The third-order valence-electron chi connectivity index (χ3n) is 1.51. The zero-order valence-corrected chi connectivity index (χ0v) is 7.93. The highest BCUT2D eigenvalue weighted by Gasteiger charge is 2.38. The van der Waals surface area contributed by atoms with E-state index in [0.717, 1.165) is 24.3 Å². The van der Waals surface area contributed by atoms with Crippen molar-refractivity contribution in [2.45, 2.75) is 10.4 Å². The van der Waals surface area contributed by atoms with Crippen molar-refractivity contribution >= 4 is 16.8 Å². The van der Waals surface area contributed by atoms with Crippen molar-refractivity contribution in [1.29, 1.82) is 0 Å². The summed E-state index contributed by atoms with van der Waals surface area (Å²) in [4.78, 5) is 9.88. The first-order valence-corrected chi connectivity index (χ1v) is 4.79. The predicted octanol–water partition coefficient (Wildman–Crippen LogP) is 2.01. The molecule has 0 bridgehead atoms. The van der Waals surface area contributed by atoms with E-state index < -0.39 is 27.2 Å². The molecule has 0 aliphatic heterocycles. The Bertz CT molecular complexity index is 414. The maximum absolute atomic E-state index is 12.0. The molecule has 0 aromatic heterocycles. The summed E-state index contributed by atoms with van der Waals surface area (Å²) in [5.41, 5.74) is -5.21. The number of benzene rings is 1. The first-order valence-electron chi connectivity index (χ1n) is 3.64. The Balaban J connectivity index is 3.12. The number of hydrogen-bond donors (Lipinski definition) is 1. The van der Waals surface area contributed by atoms with Gasteiger partial charge in [-0.25, -0.2) is 9.00 Å². The van der Waals surface area contributed by atoms with E-state index >= 15 is 0 Å². The molecular formula is C8H5F3O3S. The van der Waals surface area contributed by atoms with Crippen LogP contribution in [-0.2, 0) is 10.8 Å². The second-order valence-corrected chi connectivity index (χ2v) is 4.02. The van der Waals surface area contributed by atoms with E-state index in [0.29, 0.717) is 0 Å². The Hall–Kier alpha value is -1.37. The molecule has 1 aromatic rings. The van der Waals surface area contributed by atoms with Crippen molar-refractivity contribution < 1.29 is 27.3 Å². The zero-order chi connectivity index (χ0) is 11.6. The average molecular weight is 238 g/mol. The molecule has 0 saturated heterocycles. The van der Waals surface area contributed by atoms with Gasteiger partial charge in [0.05, 0.1) is 5.56 Å². The van der Waals surface area contributed by atoms with Crippen LogP contribution in [0.4, 0.5) is 13.2 Å². The number of rotatable bonds is 2. The monoisotopic (exact) mass is 238 g/mol. The van der Waals surface area contributed by atoms with Crippen molar-refractivity contribution in [3.63, 3.8) is 0 Å². The molecular weight excluding hydrogens is 233 g/mol. The molecule has 0 aliphatic carbocycles. The van der Waals surface area contributed by atoms with Gasteiger partial charge in [0.2, 0.25) is 0 Å². The van der Waals surface area contributed by atoms with Crippen LogP contribution in [-0.4, -0.2) is 20.8 Å². The summed E-state index contributed by atoms with van der Waals surface area (Å²) in [5, 5.41) is 8.51. The normalized spacial score (nSPS) is 13.5. The van der Waals surface area contributed by atoms with Crippen LogP contribution in [0.25, 0.3) is 0 Å². The van der Waals surface area contributed by atoms with Gasteiger partial charge in [-0.2, -0.15) is 13.2 Å². The van der Waals surface area contributed by atoms with Crippen LogP contribution in [0.5, 0.6) is 0 Å². The summed E-state index contributed by atoms with van der Waals surface area (Å²) < 4.78 is 46.9. The maximum atomic E-state index is 12.0. The smallest absolute Gasteiger partial charge is 0.475 e. The zero-order valence-electron chi connectivity index (χ0n) is 7.12. The average Bonchev–Trinajstić information content (AvgIpc) is 2.15. The summed E-state index contributed by atoms with van der Waals surface area (Å²) in [6.45, 7) is 0. The summed E-state index contributed by atoms with van der Waals surface area (Å²) in [5.74, 6) is -1.36. The minimum absolute atomic E-state index is 0.329. The standard InChI is InChI=1S/C8H5F3O3S/c9-8(10,11)15(14)6-3-1-2-5(4-6)7(12)13/h1-4H,(H,12,13). The highest BCUT2D eigenvalue weighted by atomic mass is 32.2. The fourth-order valence-corrected chi connectivity index (χ4v) is 1.58. The molecule has 1 unspecified atom stereocenters. The maximum Gasteiger partial charge on any atom is 0.475 e. The molecule has 0 aliphatic rings. The van der Waals surface area contributed by atoms with E-state index in [4.69, 9.17) is 5.11 Å². The second kappa shape index (κ2) is 4.01. The first kappa shape index (κ1) is 11.7. The van der Waals surface area contributed by atoms with E-state index in [2.05, 4.69) is 0 Å². The fraction of sp³-hybridized carbons (Fsp3) is 0.125. The van der Waals surface area contributed by atoms with Crippen LogP contribution in [0.15, 0.2) is 29.2 Å². The molecule has 0 fully saturated rings. The number of carbonyl (C=O) groups is 1. The van der Waals surface area contributed by atoms with E-state index in [1.807, 2.05) is 0 Å². The third kappa shape index (κ3) is 2.79. The lowest BCUT2D eigenvalue weighted by molar-refractivity contribution is -0.0384. The fourth-order valence-electron chi connectivity index (χ4n) is 0.878. The number of aromatic carboxylic acids is 1. The van der Waals surface area contributed by atoms with E-state index in [1.54, 1.807) is 0 Å². The molecule has 0 radical (unpaired) electrons. The number of carboxylic acid groups (broad SMARTS) is 1. The minimum atomic E-state index is -4.88. The van der Waals surface area contributed by atoms with Crippen molar-refractivity contribution in [1.82, 2.24) is 0 Å². The Kier molecular flexibility index (Phi) is 3.13. The van der Waals surface area contributed by atoms with Crippen LogP contribution >= 0.6 is 0 Å². The molecule has 15 heavy (non-hydrogen) atoms. The van der Waals surface area contributed by atoms with Gasteiger partial charge in [-0.1, -0.05) is 6.07 Å². The number of halogens is 3. The van der Waals surface area contributed by atoms with Crippen LogP contribution in [0.3, 0.4) is 0 Å². The van der Waals surface area contributed by atoms with Gasteiger partial charge in [0.15, 0.2) is 10.8 Å². The van der Waals surface area contributed by atoms with Crippen molar-refractivity contribution in [3.05, 3.63) is 29.8 Å². The van der Waals surface area contributed by atoms with Crippen LogP contribution < -0.4 is 0 Å². The van der Waals surface area contributed by atoms with Crippen molar-refractivity contribution in [2.24, 2.45) is 0 Å². The Morgan fingerprint density at radius 2 is 1.93 bits per heavy atom. The van der Waals surface area contributed by atoms with E-state index in [1.165, 1.54) is 0 Å². The molecule has 3 nitrogen and oxygen atoms in total. The first-order chi connectivity index (χ1) is 6.82. The molecule has 1 atom stereocenters. The molecule has 1 aromatic carbocycles.